The number of fused-ring (bicyclic) bond motifs is 2. The average molecular weight is 549 g/mol. The van der Waals surface area contributed by atoms with Gasteiger partial charge in [0.2, 0.25) is 16.8 Å². The molecule has 2 aliphatic rings. The number of carbonyl (C=O) groups is 2. The Morgan fingerprint density at radius 1 is 1.24 bits per heavy atom. The van der Waals surface area contributed by atoms with E-state index < -0.39 is 34.1 Å². The van der Waals surface area contributed by atoms with Crippen LogP contribution in [0.2, 0.25) is 0 Å². The molecule has 38 heavy (non-hydrogen) atoms. The van der Waals surface area contributed by atoms with Crippen LogP contribution < -0.4 is 24.2 Å². The van der Waals surface area contributed by atoms with E-state index in [2.05, 4.69) is 10.0 Å². The van der Waals surface area contributed by atoms with Crippen LogP contribution in [0, 0.1) is 5.92 Å². The molecule has 2 aromatic carbocycles. The molecule has 0 saturated heterocycles. The van der Waals surface area contributed by atoms with Crippen molar-refractivity contribution < 1.29 is 37.3 Å². The third-order valence-corrected chi connectivity index (χ3v) is 7.00. The van der Waals surface area contributed by atoms with Gasteiger partial charge in [0.1, 0.15) is 6.10 Å². The monoisotopic (exact) mass is 548 g/mol. The molecule has 13 heteroatoms. The lowest BCUT2D eigenvalue weighted by molar-refractivity contribution is 0.0373. The van der Waals surface area contributed by atoms with Gasteiger partial charge in [-0.2, -0.15) is 0 Å². The smallest absolute Gasteiger partial charge is 0.321 e. The molecule has 0 aliphatic carbocycles. The van der Waals surface area contributed by atoms with Crippen LogP contribution in [0.1, 0.15) is 24.2 Å². The van der Waals surface area contributed by atoms with Gasteiger partial charge in [-0.1, -0.05) is 13.0 Å². The number of sulfonamides is 1. The quantitative estimate of drug-likeness (QED) is 0.477. The number of nitrogens with one attached hydrogen (secondary N) is 2. The molecule has 2 aromatic rings. The molecule has 0 unspecified atom stereocenters. The summed E-state index contributed by atoms with van der Waals surface area (Å²) in [5.41, 5.74) is 0.793. The maximum atomic E-state index is 13.4. The maximum absolute atomic E-state index is 13.4. The number of ether oxygens (including phenoxy) is 3. The van der Waals surface area contributed by atoms with E-state index in [1.165, 1.54) is 15.9 Å². The second-order valence-electron chi connectivity index (χ2n) is 9.56. The van der Waals surface area contributed by atoms with Gasteiger partial charge in [-0.25, -0.2) is 13.2 Å². The molecule has 0 spiro atoms. The molecule has 2 heterocycles. The number of nitrogens with zero attached hydrogens (tertiary/aromatic N) is 2. The van der Waals surface area contributed by atoms with Gasteiger partial charge < -0.3 is 34.4 Å². The van der Waals surface area contributed by atoms with Crippen molar-refractivity contribution in [3.8, 4) is 17.2 Å². The fourth-order valence-electron chi connectivity index (χ4n) is 4.29. The minimum absolute atomic E-state index is 0.0687. The van der Waals surface area contributed by atoms with E-state index in [0.29, 0.717) is 17.2 Å². The molecule has 0 radical (unpaired) electrons. The largest absolute Gasteiger partial charge is 0.485 e. The van der Waals surface area contributed by atoms with Gasteiger partial charge in [-0.05, 0) is 31.2 Å². The normalized spacial score (nSPS) is 19.5. The number of amides is 3. The molecule has 0 aromatic heterocycles. The minimum Gasteiger partial charge on any atom is -0.485 e. The summed E-state index contributed by atoms with van der Waals surface area (Å²) in [4.78, 5) is 29.4. The number of rotatable bonds is 7. The number of aliphatic hydroxyl groups excluding tert-OH is 1. The summed E-state index contributed by atoms with van der Waals surface area (Å²) in [6, 6.07) is 8.79. The second kappa shape index (κ2) is 11.0. The van der Waals surface area contributed by atoms with Crippen LogP contribution in [-0.4, -0.2) is 87.2 Å². The maximum Gasteiger partial charge on any atom is 0.321 e. The molecule has 206 valence electrons. The highest BCUT2D eigenvalue weighted by Crippen LogP contribution is 2.36. The third-order valence-electron chi connectivity index (χ3n) is 6.41. The summed E-state index contributed by atoms with van der Waals surface area (Å²) in [7, 11) is -2.07. The van der Waals surface area contributed by atoms with Crippen molar-refractivity contribution >= 4 is 33.3 Å². The van der Waals surface area contributed by atoms with Crippen molar-refractivity contribution in [3.05, 3.63) is 42.0 Å². The lowest BCUT2D eigenvalue weighted by Crippen LogP contribution is -2.50. The van der Waals surface area contributed by atoms with Crippen LogP contribution in [0.3, 0.4) is 0 Å². The van der Waals surface area contributed by atoms with Crippen LogP contribution >= 0.6 is 0 Å². The Hall–Kier alpha value is -3.71. The van der Waals surface area contributed by atoms with E-state index in [1.54, 1.807) is 44.3 Å². The van der Waals surface area contributed by atoms with Crippen molar-refractivity contribution in [2.24, 2.45) is 5.92 Å². The zero-order valence-corrected chi connectivity index (χ0v) is 22.4. The predicted molar refractivity (Wildman–Crippen MR) is 140 cm³/mol. The number of likely N-dealkylation sites (N-methyl/N-ethyl adjacent to an activating group) is 1. The fourth-order valence-corrected chi connectivity index (χ4v) is 4.85. The first-order valence-electron chi connectivity index (χ1n) is 12.1. The molecule has 2 aliphatic heterocycles. The van der Waals surface area contributed by atoms with E-state index in [9.17, 15) is 23.1 Å². The van der Waals surface area contributed by atoms with Crippen LogP contribution in [0.25, 0.3) is 0 Å². The van der Waals surface area contributed by atoms with Crippen molar-refractivity contribution in [3.63, 3.8) is 0 Å². The van der Waals surface area contributed by atoms with Gasteiger partial charge in [0, 0.05) is 31.3 Å². The number of hydrogen-bond donors (Lipinski definition) is 3. The van der Waals surface area contributed by atoms with E-state index in [-0.39, 0.29) is 49.4 Å². The molecule has 0 bridgehead atoms. The van der Waals surface area contributed by atoms with E-state index in [4.69, 9.17) is 14.2 Å². The van der Waals surface area contributed by atoms with Crippen molar-refractivity contribution in [2.45, 2.75) is 26.0 Å². The summed E-state index contributed by atoms with van der Waals surface area (Å²) in [5, 5.41) is 12.6. The molecule has 4 rings (SSSR count). The van der Waals surface area contributed by atoms with Crippen LogP contribution in [0.4, 0.5) is 16.2 Å². The summed E-state index contributed by atoms with van der Waals surface area (Å²) < 4.78 is 43.4. The highest BCUT2D eigenvalue weighted by atomic mass is 32.2. The Kier molecular flexibility index (Phi) is 7.88. The highest BCUT2D eigenvalue weighted by Gasteiger charge is 2.35. The molecule has 0 fully saturated rings. The Labute approximate surface area is 221 Å². The minimum atomic E-state index is -3.68. The third kappa shape index (κ3) is 6.05. The van der Waals surface area contributed by atoms with Crippen molar-refractivity contribution in [1.29, 1.82) is 0 Å². The summed E-state index contributed by atoms with van der Waals surface area (Å²) in [6.07, 6.45) is 0.385. The molecular weight excluding hydrogens is 516 g/mol. The van der Waals surface area contributed by atoms with Gasteiger partial charge in [0.05, 0.1) is 36.7 Å². The zero-order valence-electron chi connectivity index (χ0n) is 21.6. The van der Waals surface area contributed by atoms with Gasteiger partial charge in [0.25, 0.3) is 5.91 Å². The molecule has 3 N–H and O–H groups in total. The standard InChI is InChI=1S/C25H32N4O8S/c1-15-11-29(16(2)13-30)24(31)18-6-5-7-19(27-38(4,33)34)23(18)37-22(15)12-28(3)25(32)26-17-8-9-20-21(10-17)36-14-35-20/h5-10,15-16,22,27,30H,11-14H2,1-4H3,(H,26,32)/t15-,16-,22-/m1/s1. The number of carbonyl (C=O) groups excluding carboxylic acids is 2. The second-order valence-corrected chi connectivity index (χ2v) is 11.3. The van der Waals surface area contributed by atoms with Crippen LogP contribution in [0.15, 0.2) is 36.4 Å². The Balaban J connectivity index is 1.61. The molecule has 12 nitrogen and oxygen atoms in total. The number of para-hydroxylation sites is 1. The highest BCUT2D eigenvalue weighted by molar-refractivity contribution is 7.92. The van der Waals surface area contributed by atoms with Gasteiger partial charge in [-0.3, -0.25) is 9.52 Å². The topological polar surface area (TPSA) is 147 Å². The number of anilines is 2. The Bertz CT molecular complexity index is 1320. The van der Waals surface area contributed by atoms with E-state index in [1.807, 2.05) is 6.92 Å². The van der Waals surface area contributed by atoms with Crippen LogP contribution in [-0.2, 0) is 10.0 Å². The van der Waals surface area contributed by atoms with Gasteiger partial charge >= 0.3 is 6.03 Å². The lowest BCUT2D eigenvalue weighted by Gasteiger charge is -2.38. The lowest BCUT2D eigenvalue weighted by atomic mass is 9.99. The SMILES string of the molecule is C[C@@H]1CN([C@H](C)CO)C(=O)c2cccc(NS(C)(=O)=O)c2O[C@@H]1CN(C)C(=O)Nc1ccc2c(c1)OCO2. The van der Waals surface area contributed by atoms with E-state index in [0.717, 1.165) is 6.26 Å². The number of aliphatic hydroxyl groups is 1. The average Bonchev–Trinajstić information content (AvgIpc) is 3.33. The number of urea groups is 1. The summed E-state index contributed by atoms with van der Waals surface area (Å²) >= 11 is 0. The zero-order chi connectivity index (χ0) is 27.6. The molecule has 0 saturated carbocycles. The number of hydrogen-bond acceptors (Lipinski definition) is 8. The molecule has 3 atom stereocenters. The first-order valence-corrected chi connectivity index (χ1v) is 14.0. The summed E-state index contributed by atoms with van der Waals surface area (Å²) in [6.45, 7) is 3.85. The number of benzene rings is 2. The first kappa shape index (κ1) is 27.3. The Morgan fingerprint density at radius 2 is 1.97 bits per heavy atom. The molecular formula is C25H32N4O8S. The first-order chi connectivity index (χ1) is 18.0. The Morgan fingerprint density at radius 3 is 2.68 bits per heavy atom. The predicted octanol–water partition coefficient (Wildman–Crippen LogP) is 2.17. The van der Waals surface area contributed by atoms with Crippen LogP contribution in [0.5, 0.6) is 17.2 Å². The van der Waals surface area contributed by atoms with Crippen molar-refractivity contribution in [2.75, 3.05) is 49.8 Å². The van der Waals surface area contributed by atoms with Gasteiger partial charge in [-0.15, -0.1) is 0 Å². The van der Waals surface area contributed by atoms with Gasteiger partial charge in [0.15, 0.2) is 17.2 Å². The van der Waals surface area contributed by atoms with Crippen molar-refractivity contribution in [1.82, 2.24) is 9.80 Å². The summed E-state index contributed by atoms with van der Waals surface area (Å²) in [5.74, 6) is 0.527. The van der Waals surface area contributed by atoms with E-state index >= 15 is 0 Å². The fraction of sp³-hybridized carbons (Fsp3) is 0.440. The molecule has 3 amide bonds.